The van der Waals surface area contributed by atoms with Crippen molar-refractivity contribution in [3.63, 3.8) is 0 Å². The second-order valence-corrected chi connectivity index (χ2v) is 9.99. The summed E-state index contributed by atoms with van der Waals surface area (Å²) in [5, 5.41) is 5.02. The fourth-order valence-corrected chi connectivity index (χ4v) is 5.88. The topological polar surface area (TPSA) is 31.6 Å². The zero-order valence-corrected chi connectivity index (χ0v) is 20.7. The molecular formula is C36H24N2. The quantitative estimate of drug-likeness (QED) is 0.250. The number of hydrogen-bond acceptors (Lipinski definition) is 0. The standard InChI is InChI=1S/C36H24N2/c1-3-8-23(9-4-1)25-15-18-32-30(20-25)29-17-14-27(22-35(29)38-32)28-12-7-13-34-36(28)31-21-26(16-19-33(31)37-34)24-10-5-2-6-11-24/h1-22,37-38H. The molecule has 0 saturated heterocycles. The summed E-state index contributed by atoms with van der Waals surface area (Å²) < 4.78 is 0. The van der Waals surface area contributed by atoms with Crippen molar-refractivity contribution in [2.45, 2.75) is 0 Å². The van der Waals surface area contributed by atoms with Crippen LogP contribution in [0.3, 0.4) is 0 Å². The number of aromatic amines is 2. The Labute approximate surface area is 220 Å². The Morgan fingerprint density at radius 2 is 0.921 bits per heavy atom. The molecule has 0 bridgehead atoms. The third-order valence-electron chi connectivity index (χ3n) is 7.75. The van der Waals surface area contributed by atoms with Gasteiger partial charge in [-0.15, -0.1) is 0 Å². The maximum Gasteiger partial charge on any atom is 0.0471 e. The number of fused-ring (bicyclic) bond motifs is 6. The fourth-order valence-electron chi connectivity index (χ4n) is 5.88. The number of H-pyrrole nitrogens is 2. The van der Waals surface area contributed by atoms with Crippen molar-refractivity contribution in [1.29, 1.82) is 0 Å². The lowest BCUT2D eigenvalue weighted by Gasteiger charge is -2.07. The Kier molecular flexibility index (Phi) is 4.55. The van der Waals surface area contributed by atoms with E-state index in [0.29, 0.717) is 0 Å². The molecule has 0 fully saturated rings. The number of nitrogens with one attached hydrogen (secondary N) is 2. The normalized spacial score (nSPS) is 11.7. The van der Waals surface area contributed by atoms with Crippen molar-refractivity contribution in [3.05, 3.63) is 133 Å². The molecule has 0 atom stereocenters. The van der Waals surface area contributed by atoms with Crippen molar-refractivity contribution >= 4 is 43.6 Å². The lowest BCUT2D eigenvalue weighted by molar-refractivity contribution is 1.53. The summed E-state index contributed by atoms with van der Waals surface area (Å²) in [4.78, 5) is 7.31. The van der Waals surface area contributed by atoms with Gasteiger partial charge in [-0.25, -0.2) is 0 Å². The van der Waals surface area contributed by atoms with Crippen LogP contribution in [-0.4, -0.2) is 9.97 Å². The highest BCUT2D eigenvalue weighted by molar-refractivity contribution is 6.16. The molecule has 8 rings (SSSR count). The average molecular weight is 485 g/mol. The van der Waals surface area contributed by atoms with Crippen LogP contribution in [0.15, 0.2) is 133 Å². The molecule has 2 N–H and O–H groups in total. The Morgan fingerprint density at radius 3 is 1.63 bits per heavy atom. The van der Waals surface area contributed by atoms with Gasteiger partial charge < -0.3 is 9.97 Å². The lowest BCUT2D eigenvalue weighted by Crippen LogP contribution is -1.81. The van der Waals surface area contributed by atoms with Crippen molar-refractivity contribution in [1.82, 2.24) is 9.97 Å². The zero-order valence-electron chi connectivity index (χ0n) is 20.7. The Bertz CT molecular complexity index is 2110. The largest absolute Gasteiger partial charge is 0.354 e. The van der Waals surface area contributed by atoms with Crippen LogP contribution in [0.4, 0.5) is 0 Å². The van der Waals surface area contributed by atoms with Crippen LogP contribution in [0.1, 0.15) is 0 Å². The first-order valence-corrected chi connectivity index (χ1v) is 13.0. The zero-order chi connectivity index (χ0) is 25.1. The Balaban J connectivity index is 1.30. The summed E-state index contributed by atoms with van der Waals surface area (Å²) >= 11 is 0. The van der Waals surface area contributed by atoms with E-state index >= 15 is 0 Å². The molecule has 2 nitrogen and oxygen atoms in total. The second-order valence-electron chi connectivity index (χ2n) is 9.99. The van der Waals surface area contributed by atoms with E-state index in [1.807, 2.05) is 0 Å². The molecule has 0 spiro atoms. The summed E-state index contributed by atoms with van der Waals surface area (Å²) in [6, 6.07) is 48.0. The average Bonchev–Trinajstić information content (AvgIpc) is 3.55. The van der Waals surface area contributed by atoms with E-state index in [4.69, 9.17) is 0 Å². The lowest BCUT2D eigenvalue weighted by atomic mass is 9.96. The van der Waals surface area contributed by atoms with Crippen molar-refractivity contribution < 1.29 is 0 Å². The molecule has 0 amide bonds. The van der Waals surface area contributed by atoms with Gasteiger partial charge in [0.15, 0.2) is 0 Å². The van der Waals surface area contributed by atoms with Gasteiger partial charge in [0.25, 0.3) is 0 Å². The van der Waals surface area contributed by atoms with Crippen LogP contribution < -0.4 is 0 Å². The highest BCUT2D eigenvalue weighted by atomic mass is 14.7. The summed E-state index contributed by atoms with van der Waals surface area (Å²) in [6.07, 6.45) is 0. The van der Waals surface area contributed by atoms with Crippen LogP contribution in [0.5, 0.6) is 0 Å². The first kappa shape index (κ1) is 21.0. The summed E-state index contributed by atoms with van der Waals surface area (Å²) in [7, 11) is 0. The van der Waals surface area contributed by atoms with E-state index in [0.717, 1.165) is 22.1 Å². The van der Waals surface area contributed by atoms with E-state index in [1.54, 1.807) is 0 Å². The molecule has 2 aromatic heterocycles. The van der Waals surface area contributed by atoms with Crippen LogP contribution in [0, 0.1) is 0 Å². The summed E-state index contributed by atoms with van der Waals surface area (Å²) in [5.74, 6) is 0. The molecule has 38 heavy (non-hydrogen) atoms. The molecular weight excluding hydrogens is 460 g/mol. The van der Waals surface area contributed by atoms with Gasteiger partial charge in [-0.05, 0) is 69.8 Å². The summed E-state index contributed by atoms with van der Waals surface area (Å²) in [6.45, 7) is 0. The van der Waals surface area contributed by atoms with Crippen molar-refractivity contribution in [2.75, 3.05) is 0 Å². The third-order valence-corrected chi connectivity index (χ3v) is 7.75. The highest BCUT2D eigenvalue weighted by Gasteiger charge is 2.13. The number of rotatable bonds is 3. The predicted octanol–water partition coefficient (Wildman–Crippen LogP) is 9.96. The van der Waals surface area contributed by atoms with E-state index in [9.17, 15) is 0 Å². The van der Waals surface area contributed by atoms with Crippen LogP contribution in [0.25, 0.3) is 77.0 Å². The number of benzene rings is 6. The van der Waals surface area contributed by atoms with Gasteiger partial charge in [-0.3, -0.25) is 0 Å². The second kappa shape index (κ2) is 8.22. The molecule has 0 aliphatic heterocycles. The molecule has 6 aromatic carbocycles. The summed E-state index contributed by atoms with van der Waals surface area (Å²) in [5.41, 5.74) is 12.0. The van der Waals surface area contributed by atoms with Gasteiger partial charge in [0.05, 0.1) is 0 Å². The molecule has 0 aliphatic carbocycles. The maximum absolute atomic E-state index is 3.67. The van der Waals surface area contributed by atoms with Crippen molar-refractivity contribution in [2.24, 2.45) is 0 Å². The molecule has 0 saturated carbocycles. The monoisotopic (exact) mass is 484 g/mol. The van der Waals surface area contributed by atoms with Gasteiger partial charge in [0, 0.05) is 43.6 Å². The predicted molar refractivity (Wildman–Crippen MR) is 161 cm³/mol. The SMILES string of the molecule is c1ccc(-c2ccc3[nH]c4cc(-c5cccc6[nH]c7ccc(-c8ccccc8)cc7c56)ccc4c3c2)cc1. The van der Waals surface area contributed by atoms with Gasteiger partial charge in [-0.2, -0.15) is 0 Å². The van der Waals surface area contributed by atoms with Crippen molar-refractivity contribution in [3.8, 4) is 33.4 Å². The van der Waals surface area contributed by atoms with Gasteiger partial charge in [-0.1, -0.05) is 97.1 Å². The van der Waals surface area contributed by atoms with Crippen LogP contribution in [0.2, 0.25) is 0 Å². The first-order chi connectivity index (χ1) is 18.8. The van der Waals surface area contributed by atoms with Crippen LogP contribution in [-0.2, 0) is 0 Å². The maximum atomic E-state index is 3.67. The minimum atomic E-state index is 1.16. The molecule has 2 heterocycles. The fraction of sp³-hybridized carbons (Fsp3) is 0. The minimum absolute atomic E-state index is 1.16. The number of hydrogen-bond donors (Lipinski definition) is 2. The molecule has 0 radical (unpaired) electrons. The Morgan fingerprint density at radius 1 is 0.316 bits per heavy atom. The first-order valence-electron chi connectivity index (χ1n) is 13.0. The van der Waals surface area contributed by atoms with Gasteiger partial charge in [0.1, 0.15) is 0 Å². The minimum Gasteiger partial charge on any atom is -0.354 e. The Hall–Kier alpha value is -5.08. The third kappa shape index (κ3) is 3.28. The molecule has 178 valence electrons. The van der Waals surface area contributed by atoms with E-state index in [-0.39, 0.29) is 0 Å². The highest BCUT2D eigenvalue weighted by Crippen LogP contribution is 2.38. The molecule has 2 heteroatoms. The molecule has 0 aliphatic rings. The van der Waals surface area contributed by atoms with E-state index < -0.39 is 0 Å². The van der Waals surface area contributed by atoms with Gasteiger partial charge >= 0.3 is 0 Å². The van der Waals surface area contributed by atoms with E-state index in [2.05, 4.69) is 143 Å². The van der Waals surface area contributed by atoms with Gasteiger partial charge in [0.2, 0.25) is 0 Å². The van der Waals surface area contributed by atoms with Crippen LogP contribution >= 0.6 is 0 Å². The number of aromatic nitrogens is 2. The smallest absolute Gasteiger partial charge is 0.0471 e. The van der Waals surface area contributed by atoms with E-state index in [1.165, 1.54) is 54.9 Å². The molecule has 8 aromatic rings. The molecule has 0 unspecified atom stereocenters.